The van der Waals surface area contributed by atoms with Crippen molar-refractivity contribution < 1.29 is 18.1 Å². The number of nitro groups is 1. The van der Waals surface area contributed by atoms with Gasteiger partial charge in [0.15, 0.2) is 0 Å². The second-order valence-electron chi connectivity index (χ2n) is 5.59. The van der Waals surface area contributed by atoms with Crippen molar-refractivity contribution in [2.45, 2.75) is 4.90 Å². The van der Waals surface area contributed by atoms with Crippen molar-refractivity contribution in [3.8, 4) is 5.75 Å². The maximum atomic E-state index is 13.0. The summed E-state index contributed by atoms with van der Waals surface area (Å²) in [5.74, 6) is 0.225. The number of nitrogens with zero attached hydrogens (tertiary/aromatic N) is 2. The molecule has 134 valence electrons. The van der Waals surface area contributed by atoms with Crippen LogP contribution in [0.4, 0.5) is 11.4 Å². The summed E-state index contributed by atoms with van der Waals surface area (Å²) >= 11 is 0. The van der Waals surface area contributed by atoms with Gasteiger partial charge in [-0.3, -0.25) is 14.4 Å². The summed E-state index contributed by atoms with van der Waals surface area (Å²) in [5, 5.41) is 12.7. The number of nitro benzene ring substituents is 1. The van der Waals surface area contributed by atoms with Crippen molar-refractivity contribution in [2.24, 2.45) is 0 Å². The minimum atomic E-state index is -3.93. The number of benzene rings is 3. The van der Waals surface area contributed by atoms with E-state index in [4.69, 9.17) is 4.74 Å². The Balaban J connectivity index is 2.11. The Morgan fingerprint density at radius 1 is 1.00 bits per heavy atom. The monoisotopic (exact) mass is 372 g/mol. The maximum absolute atomic E-state index is 13.0. The highest BCUT2D eigenvalue weighted by atomic mass is 32.2. The summed E-state index contributed by atoms with van der Waals surface area (Å²) < 4.78 is 32.2. The molecule has 3 aromatic rings. The van der Waals surface area contributed by atoms with Crippen LogP contribution in [0.25, 0.3) is 10.8 Å². The first kappa shape index (κ1) is 17.7. The first-order chi connectivity index (χ1) is 12.3. The molecule has 0 bridgehead atoms. The van der Waals surface area contributed by atoms with Crippen LogP contribution in [0.3, 0.4) is 0 Å². The van der Waals surface area contributed by atoms with E-state index in [1.165, 1.54) is 38.4 Å². The van der Waals surface area contributed by atoms with Crippen molar-refractivity contribution in [2.75, 3.05) is 18.5 Å². The van der Waals surface area contributed by atoms with Crippen molar-refractivity contribution in [1.82, 2.24) is 0 Å². The number of hydrogen-bond acceptors (Lipinski definition) is 5. The molecule has 0 aliphatic carbocycles. The summed E-state index contributed by atoms with van der Waals surface area (Å²) in [6.07, 6.45) is 0. The predicted molar refractivity (Wildman–Crippen MR) is 99.2 cm³/mol. The van der Waals surface area contributed by atoms with Crippen LogP contribution in [0.1, 0.15) is 0 Å². The molecule has 0 aromatic heterocycles. The van der Waals surface area contributed by atoms with Gasteiger partial charge in [-0.15, -0.1) is 0 Å². The van der Waals surface area contributed by atoms with Gasteiger partial charge in [0, 0.05) is 19.2 Å². The fraction of sp³-hybridized carbons (Fsp3) is 0.111. The van der Waals surface area contributed by atoms with Gasteiger partial charge in [0.05, 0.1) is 16.9 Å². The van der Waals surface area contributed by atoms with Crippen molar-refractivity contribution in [3.63, 3.8) is 0 Å². The standard InChI is InChI=1S/C18H16N2O5S/c1-19(17-12-15(20(21)22)8-10-18(17)25-2)26(23,24)16-9-7-13-5-3-4-6-14(13)11-16/h3-12H,1-2H3. The van der Waals surface area contributed by atoms with Gasteiger partial charge in [0.1, 0.15) is 11.4 Å². The molecule has 0 amide bonds. The molecule has 0 saturated heterocycles. The quantitative estimate of drug-likeness (QED) is 0.504. The molecule has 0 unspecified atom stereocenters. The van der Waals surface area contributed by atoms with Crippen LogP contribution in [-0.2, 0) is 10.0 Å². The molecule has 7 nitrogen and oxygen atoms in total. The van der Waals surface area contributed by atoms with E-state index in [1.807, 2.05) is 24.3 Å². The molecule has 3 aromatic carbocycles. The lowest BCUT2D eigenvalue weighted by atomic mass is 10.1. The molecule has 26 heavy (non-hydrogen) atoms. The molecule has 0 aliphatic heterocycles. The summed E-state index contributed by atoms with van der Waals surface area (Å²) in [4.78, 5) is 10.5. The van der Waals surface area contributed by atoms with Gasteiger partial charge >= 0.3 is 0 Å². The first-order valence-electron chi connectivity index (χ1n) is 7.65. The molecule has 0 spiro atoms. The van der Waals surface area contributed by atoms with Gasteiger partial charge < -0.3 is 4.74 Å². The number of hydrogen-bond donors (Lipinski definition) is 0. The third-order valence-corrected chi connectivity index (χ3v) is 5.86. The summed E-state index contributed by atoms with van der Waals surface area (Å²) in [7, 11) is -1.21. The Bertz CT molecular complexity index is 1100. The van der Waals surface area contributed by atoms with Gasteiger partial charge in [-0.05, 0) is 29.0 Å². The molecular weight excluding hydrogens is 356 g/mol. The number of anilines is 1. The molecule has 3 rings (SSSR count). The highest BCUT2D eigenvalue weighted by Crippen LogP contribution is 2.35. The zero-order valence-corrected chi connectivity index (χ0v) is 14.9. The smallest absolute Gasteiger partial charge is 0.271 e. The molecular formula is C18H16N2O5S. The average Bonchev–Trinajstić information content (AvgIpc) is 2.66. The van der Waals surface area contributed by atoms with E-state index in [2.05, 4.69) is 0 Å². The van der Waals surface area contributed by atoms with E-state index in [1.54, 1.807) is 12.1 Å². The topological polar surface area (TPSA) is 89.8 Å². The molecule has 8 heteroatoms. The zero-order valence-electron chi connectivity index (χ0n) is 14.1. The van der Waals surface area contributed by atoms with Gasteiger partial charge in [-0.1, -0.05) is 30.3 Å². The summed E-state index contributed by atoms with van der Waals surface area (Å²) in [6.45, 7) is 0. The van der Waals surface area contributed by atoms with Gasteiger partial charge in [0.25, 0.3) is 15.7 Å². The minimum Gasteiger partial charge on any atom is -0.495 e. The third kappa shape index (κ3) is 3.06. The van der Waals surface area contributed by atoms with Gasteiger partial charge in [-0.25, -0.2) is 8.42 Å². The highest BCUT2D eigenvalue weighted by molar-refractivity contribution is 7.92. The van der Waals surface area contributed by atoms with E-state index in [-0.39, 0.29) is 22.0 Å². The normalized spacial score (nSPS) is 11.3. The van der Waals surface area contributed by atoms with Crippen molar-refractivity contribution >= 4 is 32.2 Å². The van der Waals surface area contributed by atoms with E-state index in [0.717, 1.165) is 15.1 Å². The molecule has 0 atom stereocenters. The van der Waals surface area contributed by atoms with Crippen molar-refractivity contribution in [1.29, 1.82) is 0 Å². The number of fused-ring (bicyclic) bond motifs is 1. The maximum Gasteiger partial charge on any atom is 0.271 e. The number of sulfonamides is 1. The Labute approximate surface area is 150 Å². The molecule has 0 fully saturated rings. The second kappa shape index (κ2) is 6.64. The highest BCUT2D eigenvalue weighted by Gasteiger charge is 2.26. The average molecular weight is 372 g/mol. The van der Waals surface area contributed by atoms with Gasteiger partial charge in [-0.2, -0.15) is 0 Å². The van der Waals surface area contributed by atoms with Crippen molar-refractivity contribution in [3.05, 3.63) is 70.8 Å². The van der Waals surface area contributed by atoms with Crippen LogP contribution < -0.4 is 9.04 Å². The van der Waals surface area contributed by atoms with Crippen LogP contribution in [0.2, 0.25) is 0 Å². The number of methoxy groups -OCH3 is 1. The molecule has 0 aliphatic rings. The Kier molecular flexibility index (Phi) is 4.52. The van der Waals surface area contributed by atoms with Crippen LogP contribution in [0.15, 0.2) is 65.6 Å². The lowest BCUT2D eigenvalue weighted by Gasteiger charge is -2.21. The predicted octanol–water partition coefficient (Wildman–Crippen LogP) is 3.58. The number of rotatable bonds is 5. The Morgan fingerprint density at radius 2 is 1.69 bits per heavy atom. The molecule has 0 saturated carbocycles. The number of ether oxygens (including phenoxy) is 1. The molecule has 0 N–H and O–H groups in total. The lowest BCUT2D eigenvalue weighted by Crippen LogP contribution is -2.27. The fourth-order valence-corrected chi connectivity index (χ4v) is 3.89. The van der Waals surface area contributed by atoms with E-state index >= 15 is 0 Å². The second-order valence-corrected chi connectivity index (χ2v) is 7.56. The van der Waals surface area contributed by atoms with Crippen LogP contribution in [-0.4, -0.2) is 27.5 Å². The molecule has 0 heterocycles. The third-order valence-electron chi connectivity index (χ3n) is 4.09. The van der Waals surface area contributed by atoms with Crippen LogP contribution >= 0.6 is 0 Å². The van der Waals surface area contributed by atoms with Gasteiger partial charge in [0.2, 0.25) is 0 Å². The van der Waals surface area contributed by atoms with Crippen LogP contribution in [0.5, 0.6) is 5.75 Å². The van der Waals surface area contributed by atoms with E-state index in [0.29, 0.717) is 0 Å². The van der Waals surface area contributed by atoms with E-state index < -0.39 is 14.9 Å². The SMILES string of the molecule is COc1ccc([N+](=O)[O-])cc1N(C)S(=O)(=O)c1ccc2ccccc2c1. The Morgan fingerprint density at radius 3 is 2.35 bits per heavy atom. The Hall–Kier alpha value is -3.13. The summed E-state index contributed by atoms with van der Waals surface area (Å²) in [5.41, 5.74) is -0.128. The first-order valence-corrected chi connectivity index (χ1v) is 9.09. The fourth-order valence-electron chi connectivity index (χ4n) is 2.65. The van der Waals surface area contributed by atoms with Crippen LogP contribution in [0, 0.1) is 10.1 Å². The lowest BCUT2D eigenvalue weighted by molar-refractivity contribution is -0.384. The summed E-state index contributed by atoms with van der Waals surface area (Å²) in [6, 6.07) is 16.0. The number of non-ortho nitro benzene ring substituents is 1. The minimum absolute atomic E-state index is 0.0901. The largest absolute Gasteiger partial charge is 0.495 e. The zero-order chi connectivity index (χ0) is 18.9. The molecule has 0 radical (unpaired) electrons. The van der Waals surface area contributed by atoms with E-state index in [9.17, 15) is 18.5 Å².